The minimum Gasteiger partial charge on any atom is -0.461 e. The van der Waals surface area contributed by atoms with E-state index in [2.05, 4.69) is 6.58 Å². The SMILES string of the molecule is C=C(COC(C)=O)C[C@@](C)(O)C[C@@H](O)CCOCc1ccccc1. The average molecular weight is 336 g/mol. The molecule has 2 atom stereocenters. The molecule has 0 amide bonds. The Kier molecular flexibility index (Phi) is 8.68. The Morgan fingerprint density at radius 1 is 1.33 bits per heavy atom. The highest BCUT2D eigenvalue weighted by molar-refractivity contribution is 5.66. The van der Waals surface area contributed by atoms with Gasteiger partial charge in [-0.15, -0.1) is 0 Å². The summed E-state index contributed by atoms with van der Waals surface area (Å²) in [6.45, 7) is 7.75. The zero-order valence-corrected chi connectivity index (χ0v) is 14.5. The van der Waals surface area contributed by atoms with E-state index in [0.717, 1.165) is 5.56 Å². The molecule has 5 nitrogen and oxygen atoms in total. The molecule has 0 heterocycles. The summed E-state index contributed by atoms with van der Waals surface area (Å²) < 4.78 is 10.4. The second-order valence-corrected chi connectivity index (χ2v) is 6.39. The molecule has 134 valence electrons. The predicted molar refractivity (Wildman–Crippen MR) is 92.4 cm³/mol. The summed E-state index contributed by atoms with van der Waals surface area (Å²) >= 11 is 0. The predicted octanol–water partition coefficient (Wildman–Crippen LogP) is 2.60. The minimum absolute atomic E-state index is 0.0851. The molecule has 0 aliphatic carbocycles. The molecule has 0 saturated carbocycles. The third kappa shape index (κ3) is 9.45. The van der Waals surface area contributed by atoms with Crippen LogP contribution in [0, 0.1) is 0 Å². The Labute approximate surface area is 143 Å². The van der Waals surface area contributed by atoms with Crippen LogP contribution in [-0.4, -0.2) is 41.1 Å². The van der Waals surface area contributed by atoms with E-state index in [9.17, 15) is 15.0 Å². The number of hydrogen-bond acceptors (Lipinski definition) is 5. The van der Waals surface area contributed by atoms with Gasteiger partial charge >= 0.3 is 5.97 Å². The van der Waals surface area contributed by atoms with Crippen LogP contribution in [-0.2, 0) is 20.9 Å². The smallest absolute Gasteiger partial charge is 0.302 e. The summed E-state index contributed by atoms with van der Waals surface area (Å²) in [7, 11) is 0. The monoisotopic (exact) mass is 336 g/mol. The molecule has 0 aromatic heterocycles. The Hall–Kier alpha value is -1.69. The van der Waals surface area contributed by atoms with Gasteiger partial charge in [0.1, 0.15) is 6.61 Å². The molecule has 24 heavy (non-hydrogen) atoms. The first-order valence-corrected chi connectivity index (χ1v) is 8.10. The molecule has 0 bridgehead atoms. The Morgan fingerprint density at radius 2 is 2.00 bits per heavy atom. The van der Waals surface area contributed by atoms with Crippen LogP contribution in [0.1, 0.15) is 38.7 Å². The first kappa shape index (κ1) is 20.4. The Balaban J connectivity index is 2.23. The molecule has 0 radical (unpaired) electrons. The number of carbonyl (C=O) groups is 1. The number of rotatable bonds is 11. The van der Waals surface area contributed by atoms with Crippen molar-refractivity contribution in [2.75, 3.05) is 13.2 Å². The fourth-order valence-corrected chi connectivity index (χ4v) is 2.46. The molecular weight excluding hydrogens is 308 g/mol. The van der Waals surface area contributed by atoms with Crippen LogP contribution in [0.3, 0.4) is 0 Å². The molecular formula is C19H28O5. The van der Waals surface area contributed by atoms with E-state index in [0.29, 0.717) is 25.2 Å². The van der Waals surface area contributed by atoms with Crippen molar-refractivity contribution in [1.29, 1.82) is 0 Å². The van der Waals surface area contributed by atoms with Gasteiger partial charge in [-0.05, 0) is 30.9 Å². The fourth-order valence-electron chi connectivity index (χ4n) is 2.46. The maximum atomic E-state index is 10.8. The minimum atomic E-state index is -1.10. The largest absolute Gasteiger partial charge is 0.461 e. The number of ether oxygens (including phenoxy) is 2. The molecule has 0 aliphatic heterocycles. The van der Waals surface area contributed by atoms with Gasteiger partial charge in [0, 0.05) is 20.0 Å². The first-order chi connectivity index (χ1) is 11.3. The van der Waals surface area contributed by atoms with Gasteiger partial charge in [0.15, 0.2) is 0 Å². The van der Waals surface area contributed by atoms with Crippen molar-refractivity contribution in [2.24, 2.45) is 0 Å². The molecule has 0 spiro atoms. The maximum Gasteiger partial charge on any atom is 0.302 e. The summed E-state index contributed by atoms with van der Waals surface area (Å²) in [6.07, 6.45) is 0.250. The van der Waals surface area contributed by atoms with Gasteiger partial charge in [0.2, 0.25) is 0 Å². The number of aliphatic hydroxyl groups is 2. The summed E-state index contributed by atoms with van der Waals surface area (Å²) in [5.74, 6) is -0.383. The van der Waals surface area contributed by atoms with E-state index in [1.54, 1.807) is 6.92 Å². The van der Waals surface area contributed by atoms with Crippen molar-refractivity contribution in [2.45, 2.75) is 51.4 Å². The molecule has 5 heteroatoms. The highest BCUT2D eigenvalue weighted by Gasteiger charge is 2.25. The maximum absolute atomic E-state index is 10.8. The quantitative estimate of drug-likeness (QED) is 0.369. The van der Waals surface area contributed by atoms with Crippen LogP contribution in [0.5, 0.6) is 0 Å². The van der Waals surface area contributed by atoms with Crippen LogP contribution in [0.4, 0.5) is 0 Å². The van der Waals surface area contributed by atoms with E-state index in [1.165, 1.54) is 6.92 Å². The van der Waals surface area contributed by atoms with E-state index in [1.807, 2.05) is 30.3 Å². The molecule has 0 aliphatic rings. The van der Waals surface area contributed by atoms with E-state index in [-0.39, 0.29) is 25.4 Å². The summed E-state index contributed by atoms with van der Waals surface area (Å²) in [6, 6.07) is 9.82. The van der Waals surface area contributed by atoms with Gasteiger partial charge in [-0.2, -0.15) is 0 Å². The lowest BCUT2D eigenvalue weighted by Crippen LogP contribution is -2.31. The van der Waals surface area contributed by atoms with Crippen LogP contribution in [0.15, 0.2) is 42.5 Å². The van der Waals surface area contributed by atoms with Crippen molar-refractivity contribution in [1.82, 2.24) is 0 Å². The molecule has 0 fully saturated rings. The average Bonchev–Trinajstić information content (AvgIpc) is 2.49. The van der Waals surface area contributed by atoms with Gasteiger partial charge in [-0.3, -0.25) is 4.79 Å². The highest BCUT2D eigenvalue weighted by atomic mass is 16.5. The standard InChI is InChI=1S/C19H28O5/c1-15(13-24-16(2)20)11-19(3,22)12-18(21)9-10-23-14-17-7-5-4-6-8-17/h4-8,18,21-22H,1,9-14H2,2-3H3/t18-,19+/m0/s1. The van der Waals surface area contributed by atoms with Gasteiger partial charge in [-0.1, -0.05) is 36.9 Å². The second-order valence-electron chi connectivity index (χ2n) is 6.39. The summed E-state index contributed by atoms with van der Waals surface area (Å²) in [4.78, 5) is 10.8. The van der Waals surface area contributed by atoms with E-state index < -0.39 is 11.7 Å². The molecule has 0 unspecified atom stereocenters. The normalized spacial score (nSPS) is 14.7. The van der Waals surface area contributed by atoms with Gasteiger partial charge in [-0.25, -0.2) is 0 Å². The lowest BCUT2D eigenvalue weighted by atomic mass is 9.90. The molecule has 2 N–H and O–H groups in total. The van der Waals surface area contributed by atoms with Crippen molar-refractivity contribution in [3.05, 3.63) is 48.0 Å². The summed E-state index contributed by atoms with van der Waals surface area (Å²) in [5.41, 5.74) is 0.597. The van der Waals surface area contributed by atoms with Gasteiger partial charge in [0.25, 0.3) is 0 Å². The highest BCUT2D eigenvalue weighted by Crippen LogP contribution is 2.22. The van der Waals surface area contributed by atoms with Crippen molar-refractivity contribution >= 4 is 5.97 Å². The molecule has 1 rings (SSSR count). The van der Waals surface area contributed by atoms with E-state index in [4.69, 9.17) is 9.47 Å². The molecule has 0 saturated heterocycles. The van der Waals surface area contributed by atoms with Crippen molar-refractivity contribution in [3.63, 3.8) is 0 Å². The third-order valence-electron chi connectivity index (χ3n) is 3.49. The van der Waals surface area contributed by atoms with Crippen LogP contribution in [0.25, 0.3) is 0 Å². The third-order valence-corrected chi connectivity index (χ3v) is 3.49. The number of esters is 1. The lowest BCUT2D eigenvalue weighted by Gasteiger charge is -2.27. The number of hydrogen-bond donors (Lipinski definition) is 2. The lowest BCUT2D eigenvalue weighted by molar-refractivity contribution is -0.140. The summed E-state index contributed by atoms with van der Waals surface area (Å²) in [5, 5.41) is 20.4. The van der Waals surface area contributed by atoms with Crippen LogP contribution in [0.2, 0.25) is 0 Å². The zero-order chi connectivity index (χ0) is 18.0. The van der Waals surface area contributed by atoms with Gasteiger partial charge in [0.05, 0.1) is 18.3 Å². The topological polar surface area (TPSA) is 76.0 Å². The van der Waals surface area contributed by atoms with Crippen LogP contribution < -0.4 is 0 Å². The van der Waals surface area contributed by atoms with Crippen molar-refractivity contribution in [3.8, 4) is 0 Å². The second kappa shape index (κ2) is 10.2. The number of carbonyl (C=O) groups excluding carboxylic acids is 1. The van der Waals surface area contributed by atoms with Gasteiger partial charge < -0.3 is 19.7 Å². The first-order valence-electron chi connectivity index (χ1n) is 8.10. The van der Waals surface area contributed by atoms with Crippen molar-refractivity contribution < 1.29 is 24.5 Å². The molecule has 1 aromatic rings. The number of benzene rings is 1. The van der Waals surface area contributed by atoms with E-state index >= 15 is 0 Å². The Morgan fingerprint density at radius 3 is 2.62 bits per heavy atom. The fraction of sp³-hybridized carbons (Fsp3) is 0.526. The number of aliphatic hydroxyl groups excluding tert-OH is 1. The molecule has 1 aromatic carbocycles. The van der Waals surface area contributed by atoms with Crippen LogP contribution >= 0.6 is 0 Å². The zero-order valence-electron chi connectivity index (χ0n) is 14.5. The Bertz CT molecular complexity index is 510.